The van der Waals surface area contributed by atoms with Crippen LogP contribution in [0.25, 0.3) is 11.3 Å². The van der Waals surface area contributed by atoms with Gasteiger partial charge in [-0.05, 0) is 30.3 Å². The molecule has 132 valence electrons. The van der Waals surface area contributed by atoms with Gasteiger partial charge in [0.15, 0.2) is 5.76 Å². The molecule has 7 nitrogen and oxygen atoms in total. The van der Waals surface area contributed by atoms with Crippen molar-refractivity contribution in [3.8, 4) is 17.1 Å². The van der Waals surface area contributed by atoms with Crippen LogP contribution in [0.4, 0.5) is 11.4 Å². The molecule has 2 aromatic carbocycles. The van der Waals surface area contributed by atoms with E-state index in [-0.39, 0.29) is 17.2 Å². The van der Waals surface area contributed by atoms with Crippen molar-refractivity contribution in [3.63, 3.8) is 0 Å². The lowest BCUT2D eigenvalue weighted by Crippen LogP contribution is -2.11. The summed E-state index contributed by atoms with van der Waals surface area (Å²) in [6.07, 6.45) is 0. The van der Waals surface area contributed by atoms with E-state index in [0.717, 1.165) is 5.56 Å². The molecule has 0 radical (unpaired) electrons. The monoisotopic (exact) mass is 372 g/mol. The molecule has 0 atom stereocenters. The van der Waals surface area contributed by atoms with Crippen molar-refractivity contribution in [2.75, 3.05) is 12.4 Å². The van der Waals surface area contributed by atoms with E-state index in [1.165, 1.54) is 31.4 Å². The first-order valence-electron chi connectivity index (χ1n) is 7.47. The van der Waals surface area contributed by atoms with E-state index in [1.807, 2.05) is 6.07 Å². The maximum absolute atomic E-state index is 12.4. The van der Waals surface area contributed by atoms with Crippen molar-refractivity contribution in [1.29, 1.82) is 0 Å². The molecule has 1 aromatic heterocycles. The first-order chi connectivity index (χ1) is 12.5. The number of hydrogen-bond donors (Lipinski definition) is 1. The van der Waals surface area contributed by atoms with Crippen molar-refractivity contribution in [1.82, 2.24) is 0 Å². The van der Waals surface area contributed by atoms with Crippen molar-refractivity contribution >= 4 is 28.9 Å². The van der Waals surface area contributed by atoms with E-state index in [0.29, 0.717) is 16.5 Å². The first-order valence-corrected chi connectivity index (χ1v) is 7.85. The summed E-state index contributed by atoms with van der Waals surface area (Å²) in [5.41, 5.74) is 0.898. The normalized spacial score (nSPS) is 10.4. The van der Waals surface area contributed by atoms with Gasteiger partial charge in [0.2, 0.25) is 0 Å². The van der Waals surface area contributed by atoms with Gasteiger partial charge in [0.1, 0.15) is 11.5 Å². The number of benzene rings is 2. The number of hydrogen-bond acceptors (Lipinski definition) is 5. The minimum absolute atomic E-state index is 0.0837. The molecule has 0 spiro atoms. The van der Waals surface area contributed by atoms with Crippen molar-refractivity contribution in [3.05, 3.63) is 75.5 Å². The molecular formula is C18H13ClN2O5. The average molecular weight is 373 g/mol. The molecule has 1 heterocycles. The highest BCUT2D eigenvalue weighted by molar-refractivity contribution is 6.30. The summed E-state index contributed by atoms with van der Waals surface area (Å²) in [6.45, 7) is 0. The Morgan fingerprint density at radius 2 is 2.00 bits per heavy atom. The lowest BCUT2D eigenvalue weighted by Gasteiger charge is -2.08. The fourth-order valence-electron chi connectivity index (χ4n) is 2.34. The van der Waals surface area contributed by atoms with Gasteiger partial charge < -0.3 is 14.5 Å². The maximum Gasteiger partial charge on any atom is 0.291 e. The first kappa shape index (κ1) is 17.5. The summed E-state index contributed by atoms with van der Waals surface area (Å²) in [7, 11) is 1.36. The number of anilines is 1. The number of amides is 1. The minimum atomic E-state index is -0.544. The fourth-order valence-corrected chi connectivity index (χ4v) is 2.53. The Morgan fingerprint density at radius 1 is 1.19 bits per heavy atom. The number of rotatable bonds is 5. The summed E-state index contributed by atoms with van der Waals surface area (Å²) < 4.78 is 10.7. The standard InChI is InChI=1S/C18H13ClN2O5/c1-25-17-10-13(21(23)24)5-6-14(17)20-18(22)16-8-7-15(26-16)11-3-2-4-12(19)9-11/h2-10H,1H3,(H,20,22). The molecule has 1 N–H and O–H groups in total. The van der Waals surface area contributed by atoms with E-state index in [2.05, 4.69) is 5.32 Å². The number of nitro benzene ring substituents is 1. The van der Waals surface area contributed by atoms with Gasteiger partial charge in [-0.15, -0.1) is 0 Å². The van der Waals surface area contributed by atoms with Gasteiger partial charge in [-0.2, -0.15) is 0 Å². The Labute approximate surface area is 153 Å². The van der Waals surface area contributed by atoms with Crippen LogP contribution in [0, 0.1) is 10.1 Å². The van der Waals surface area contributed by atoms with Crippen LogP contribution < -0.4 is 10.1 Å². The van der Waals surface area contributed by atoms with E-state index >= 15 is 0 Å². The maximum atomic E-state index is 12.4. The summed E-state index contributed by atoms with van der Waals surface area (Å²) in [6, 6.07) is 14.1. The number of ether oxygens (including phenoxy) is 1. The number of nitro groups is 1. The van der Waals surface area contributed by atoms with Crippen molar-refractivity contribution in [2.45, 2.75) is 0 Å². The van der Waals surface area contributed by atoms with Crippen LogP contribution in [-0.4, -0.2) is 17.9 Å². The number of non-ortho nitro benzene ring substituents is 1. The Morgan fingerprint density at radius 3 is 2.69 bits per heavy atom. The van der Waals surface area contributed by atoms with E-state index < -0.39 is 10.8 Å². The minimum Gasteiger partial charge on any atom is -0.494 e. The zero-order valence-corrected chi connectivity index (χ0v) is 14.3. The Kier molecular flexibility index (Phi) is 4.90. The highest BCUT2D eigenvalue weighted by Crippen LogP contribution is 2.30. The third kappa shape index (κ3) is 3.68. The molecule has 1 amide bonds. The zero-order chi connectivity index (χ0) is 18.7. The second-order valence-corrected chi connectivity index (χ2v) is 5.71. The molecule has 3 rings (SSSR count). The van der Waals surface area contributed by atoms with Crippen LogP contribution in [0.1, 0.15) is 10.6 Å². The van der Waals surface area contributed by atoms with Gasteiger partial charge in [0.05, 0.1) is 23.8 Å². The zero-order valence-electron chi connectivity index (χ0n) is 13.6. The fraction of sp³-hybridized carbons (Fsp3) is 0.0556. The molecule has 26 heavy (non-hydrogen) atoms. The number of carbonyl (C=O) groups excluding carboxylic acids is 1. The van der Waals surface area contributed by atoms with Crippen LogP contribution in [0.15, 0.2) is 59.0 Å². The lowest BCUT2D eigenvalue weighted by molar-refractivity contribution is -0.384. The molecule has 0 saturated heterocycles. The number of methoxy groups -OCH3 is 1. The van der Waals surface area contributed by atoms with Crippen molar-refractivity contribution in [2.24, 2.45) is 0 Å². The summed E-state index contributed by atoms with van der Waals surface area (Å²) in [4.78, 5) is 22.7. The third-order valence-corrected chi connectivity index (χ3v) is 3.82. The Hall–Kier alpha value is -3.32. The number of halogens is 1. The highest BCUT2D eigenvalue weighted by atomic mass is 35.5. The quantitative estimate of drug-likeness (QED) is 0.514. The number of furan rings is 1. The smallest absolute Gasteiger partial charge is 0.291 e. The molecule has 0 saturated carbocycles. The second-order valence-electron chi connectivity index (χ2n) is 5.27. The van der Waals surface area contributed by atoms with Crippen LogP contribution in [0.3, 0.4) is 0 Å². The van der Waals surface area contributed by atoms with E-state index in [1.54, 1.807) is 24.3 Å². The Bertz CT molecular complexity index is 983. The van der Waals surface area contributed by atoms with E-state index in [4.69, 9.17) is 20.8 Å². The van der Waals surface area contributed by atoms with Gasteiger partial charge in [0, 0.05) is 16.7 Å². The van der Waals surface area contributed by atoms with Gasteiger partial charge >= 0.3 is 0 Å². The Balaban J connectivity index is 1.82. The molecule has 0 aliphatic heterocycles. The predicted molar refractivity (Wildman–Crippen MR) is 96.8 cm³/mol. The topological polar surface area (TPSA) is 94.6 Å². The average Bonchev–Trinajstić information content (AvgIpc) is 3.12. The van der Waals surface area contributed by atoms with Crippen LogP contribution in [0.5, 0.6) is 5.75 Å². The van der Waals surface area contributed by atoms with Gasteiger partial charge in [-0.3, -0.25) is 14.9 Å². The molecular weight excluding hydrogens is 360 g/mol. The lowest BCUT2D eigenvalue weighted by atomic mass is 10.2. The van der Waals surface area contributed by atoms with Crippen LogP contribution in [-0.2, 0) is 0 Å². The highest BCUT2D eigenvalue weighted by Gasteiger charge is 2.17. The largest absolute Gasteiger partial charge is 0.494 e. The molecule has 0 bridgehead atoms. The molecule has 3 aromatic rings. The summed E-state index contributed by atoms with van der Waals surface area (Å²) >= 11 is 5.96. The van der Waals surface area contributed by atoms with Gasteiger partial charge in [-0.25, -0.2) is 0 Å². The summed E-state index contributed by atoms with van der Waals surface area (Å²) in [5.74, 6) is 0.244. The molecule has 0 fully saturated rings. The van der Waals surface area contributed by atoms with Crippen LogP contribution >= 0.6 is 11.6 Å². The van der Waals surface area contributed by atoms with Crippen molar-refractivity contribution < 1.29 is 18.9 Å². The van der Waals surface area contributed by atoms with Gasteiger partial charge in [-0.1, -0.05) is 23.7 Å². The third-order valence-electron chi connectivity index (χ3n) is 3.58. The molecule has 0 unspecified atom stereocenters. The predicted octanol–water partition coefficient (Wildman–Crippen LogP) is 4.77. The second kappa shape index (κ2) is 7.28. The molecule has 0 aliphatic carbocycles. The number of nitrogens with one attached hydrogen (secondary N) is 1. The van der Waals surface area contributed by atoms with Crippen LogP contribution in [0.2, 0.25) is 5.02 Å². The van der Waals surface area contributed by atoms with Gasteiger partial charge in [0.25, 0.3) is 11.6 Å². The SMILES string of the molecule is COc1cc([N+](=O)[O-])ccc1NC(=O)c1ccc(-c2cccc(Cl)c2)o1. The summed E-state index contributed by atoms with van der Waals surface area (Å²) in [5, 5.41) is 14.0. The number of carbonyl (C=O) groups is 1. The molecule has 8 heteroatoms. The van der Waals surface area contributed by atoms with E-state index in [9.17, 15) is 14.9 Å². The molecule has 0 aliphatic rings. The number of nitrogens with zero attached hydrogens (tertiary/aromatic N) is 1.